The van der Waals surface area contributed by atoms with E-state index in [0.717, 1.165) is 15.8 Å². The second-order valence-electron chi connectivity index (χ2n) is 8.43. The Balaban J connectivity index is 1.34. The largest absolute Gasteiger partial charge is 0.495 e. The number of anilines is 2. The lowest BCUT2D eigenvalue weighted by Gasteiger charge is -2.24. The first-order chi connectivity index (χ1) is 18.3. The van der Waals surface area contributed by atoms with Crippen molar-refractivity contribution in [1.82, 2.24) is 4.90 Å². The summed E-state index contributed by atoms with van der Waals surface area (Å²) in [7, 11) is 1.51. The zero-order chi connectivity index (χ0) is 27.1. The minimum absolute atomic E-state index is 0.0424. The van der Waals surface area contributed by atoms with Crippen molar-refractivity contribution in [3.8, 4) is 11.5 Å². The molecule has 38 heavy (non-hydrogen) atoms. The minimum atomic E-state index is -0.996. The van der Waals surface area contributed by atoms with Crippen LogP contribution >= 0.6 is 27.7 Å². The SMILES string of the molecule is COc1cc(CC(=O)N2CSC[C@H]2COc2ccc(C(=O)O)cc2)ccc1NC(=O)Nc1ccccc1Br. The van der Waals surface area contributed by atoms with E-state index >= 15 is 0 Å². The molecule has 3 amide bonds. The lowest BCUT2D eigenvalue weighted by Crippen LogP contribution is -2.41. The third-order valence-electron chi connectivity index (χ3n) is 5.84. The molecule has 1 fully saturated rings. The van der Waals surface area contributed by atoms with Gasteiger partial charge in [-0.2, -0.15) is 0 Å². The Bertz CT molecular complexity index is 1320. The van der Waals surface area contributed by atoms with E-state index in [1.54, 1.807) is 53.1 Å². The molecular weight excluding hydrogens is 574 g/mol. The third-order valence-corrected chi connectivity index (χ3v) is 7.61. The zero-order valence-electron chi connectivity index (χ0n) is 20.5. The molecule has 1 heterocycles. The number of carbonyl (C=O) groups excluding carboxylic acids is 2. The third kappa shape index (κ3) is 6.99. The van der Waals surface area contributed by atoms with Crippen LogP contribution in [-0.4, -0.2) is 59.3 Å². The van der Waals surface area contributed by atoms with Crippen LogP contribution < -0.4 is 20.1 Å². The lowest BCUT2D eigenvalue weighted by molar-refractivity contribution is -0.131. The second-order valence-corrected chi connectivity index (χ2v) is 10.3. The molecule has 0 spiro atoms. The number of nitrogens with zero attached hydrogens (tertiary/aromatic N) is 1. The molecule has 198 valence electrons. The fourth-order valence-corrected chi connectivity index (χ4v) is 5.43. The smallest absolute Gasteiger partial charge is 0.335 e. The van der Waals surface area contributed by atoms with Gasteiger partial charge in [-0.25, -0.2) is 9.59 Å². The molecule has 0 radical (unpaired) electrons. The molecule has 1 atom stereocenters. The number of hydrogen-bond donors (Lipinski definition) is 3. The normalized spacial score (nSPS) is 14.6. The van der Waals surface area contributed by atoms with Crippen molar-refractivity contribution >= 4 is 57.0 Å². The number of ether oxygens (including phenoxy) is 2. The van der Waals surface area contributed by atoms with Gasteiger partial charge in [-0.1, -0.05) is 18.2 Å². The number of urea groups is 1. The Labute approximate surface area is 232 Å². The molecule has 0 aromatic heterocycles. The molecule has 4 rings (SSSR count). The topological polar surface area (TPSA) is 117 Å². The molecule has 3 N–H and O–H groups in total. The highest BCUT2D eigenvalue weighted by molar-refractivity contribution is 9.10. The molecule has 11 heteroatoms. The fourth-order valence-electron chi connectivity index (χ4n) is 3.85. The average molecular weight is 600 g/mol. The summed E-state index contributed by atoms with van der Waals surface area (Å²) in [6.07, 6.45) is 0.171. The number of carboxylic acid groups (broad SMARTS) is 1. The summed E-state index contributed by atoms with van der Waals surface area (Å²) in [6.45, 7) is 0.310. The fraction of sp³-hybridized carbons (Fsp3) is 0.222. The van der Waals surface area contributed by atoms with E-state index in [4.69, 9.17) is 14.6 Å². The van der Waals surface area contributed by atoms with Gasteiger partial charge in [0.1, 0.15) is 18.1 Å². The Hall–Kier alpha value is -3.70. The molecule has 0 bridgehead atoms. The van der Waals surface area contributed by atoms with Crippen LogP contribution in [0.2, 0.25) is 0 Å². The van der Waals surface area contributed by atoms with E-state index in [1.807, 2.05) is 18.2 Å². The van der Waals surface area contributed by atoms with Crippen molar-refractivity contribution in [3.63, 3.8) is 0 Å². The van der Waals surface area contributed by atoms with Gasteiger partial charge in [0, 0.05) is 10.2 Å². The Kier molecular flexibility index (Phi) is 9.14. The second kappa shape index (κ2) is 12.7. The van der Waals surface area contributed by atoms with E-state index < -0.39 is 12.0 Å². The van der Waals surface area contributed by atoms with E-state index in [9.17, 15) is 14.4 Å². The molecular formula is C27H26BrN3O6S. The first-order valence-electron chi connectivity index (χ1n) is 11.7. The number of benzene rings is 3. The highest BCUT2D eigenvalue weighted by atomic mass is 79.9. The van der Waals surface area contributed by atoms with Crippen molar-refractivity contribution in [2.75, 3.05) is 36.0 Å². The number of rotatable bonds is 9. The van der Waals surface area contributed by atoms with Crippen molar-refractivity contribution in [1.29, 1.82) is 0 Å². The van der Waals surface area contributed by atoms with Gasteiger partial charge in [0.2, 0.25) is 5.91 Å². The summed E-state index contributed by atoms with van der Waals surface area (Å²) in [5, 5.41) is 14.6. The number of halogens is 1. The number of nitrogens with one attached hydrogen (secondary N) is 2. The van der Waals surface area contributed by atoms with Crippen molar-refractivity contribution in [2.45, 2.75) is 12.5 Å². The van der Waals surface area contributed by atoms with Gasteiger partial charge < -0.3 is 30.1 Å². The van der Waals surface area contributed by atoms with Crippen LogP contribution in [0.25, 0.3) is 0 Å². The Morgan fingerprint density at radius 2 is 1.79 bits per heavy atom. The molecule has 0 unspecified atom stereocenters. The lowest BCUT2D eigenvalue weighted by atomic mass is 10.1. The van der Waals surface area contributed by atoms with Crippen LogP contribution in [-0.2, 0) is 11.2 Å². The maximum Gasteiger partial charge on any atom is 0.335 e. The van der Waals surface area contributed by atoms with Crippen LogP contribution in [0.1, 0.15) is 15.9 Å². The van der Waals surface area contributed by atoms with Crippen molar-refractivity contribution < 1.29 is 29.0 Å². The summed E-state index contributed by atoms with van der Waals surface area (Å²) < 4.78 is 12.0. The van der Waals surface area contributed by atoms with Crippen LogP contribution in [0.15, 0.2) is 71.2 Å². The summed E-state index contributed by atoms with van der Waals surface area (Å²) in [4.78, 5) is 38.4. The van der Waals surface area contributed by atoms with Crippen LogP contribution in [0, 0.1) is 0 Å². The number of methoxy groups -OCH3 is 1. The zero-order valence-corrected chi connectivity index (χ0v) is 22.9. The summed E-state index contributed by atoms with van der Waals surface area (Å²) in [5.41, 5.74) is 2.05. The number of hydrogen-bond acceptors (Lipinski definition) is 6. The van der Waals surface area contributed by atoms with Gasteiger partial charge in [0.15, 0.2) is 0 Å². The summed E-state index contributed by atoms with van der Waals surface area (Å²) in [6, 6.07) is 18.2. The van der Waals surface area contributed by atoms with Gasteiger partial charge in [-0.05, 0) is 70.0 Å². The van der Waals surface area contributed by atoms with Gasteiger partial charge in [0.25, 0.3) is 0 Å². The number of thioether (sulfide) groups is 1. The van der Waals surface area contributed by atoms with Crippen molar-refractivity contribution in [2.24, 2.45) is 0 Å². The predicted octanol–water partition coefficient (Wildman–Crippen LogP) is 5.32. The molecule has 3 aromatic carbocycles. The Morgan fingerprint density at radius 3 is 2.50 bits per heavy atom. The maximum absolute atomic E-state index is 13.1. The Morgan fingerprint density at radius 1 is 1.05 bits per heavy atom. The van der Waals surface area contributed by atoms with Crippen molar-refractivity contribution in [3.05, 3.63) is 82.3 Å². The summed E-state index contributed by atoms with van der Waals surface area (Å²) >= 11 is 5.05. The molecule has 9 nitrogen and oxygen atoms in total. The van der Waals surface area contributed by atoms with Gasteiger partial charge in [-0.3, -0.25) is 4.79 Å². The van der Waals surface area contributed by atoms with E-state index in [-0.39, 0.29) is 23.9 Å². The number of para-hydroxylation sites is 1. The molecule has 1 saturated heterocycles. The van der Waals surface area contributed by atoms with E-state index in [2.05, 4.69) is 26.6 Å². The van der Waals surface area contributed by atoms with Crippen LogP contribution in [0.4, 0.5) is 16.2 Å². The number of carboxylic acids is 1. The van der Waals surface area contributed by atoms with Crippen LogP contribution in [0.5, 0.6) is 11.5 Å². The van der Waals surface area contributed by atoms with Gasteiger partial charge in [-0.15, -0.1) is 11.8 Å². The van der Waals surface area contributed by atoms with E-state index in [1.165, 1.54) is 19.2 Å². The van der Waals surface area contributed by atoms with Gasteiger partial charge >= 0.3 is 12.0 Å². The molecule has 0 aliphatic carbocycles. The van der Waals surface area contributed by atoms with Gasteiger partial charge in [0.05, 0.1) is 42.4 Å². The maximum atomic E-state index is 13.1. The first kappa shape index (κ1) is 27.3. The van der Waals surface area contributed by atoms with E-state index in [0.29, 0.717) is 35.4 Å². The number of carbonyl (C=O) groups is 3. The molecule has 3 aromatic rings. The first-order valence-corrected chi connectivity index (χ1v) is 13.6. The number of aromatic carboxylic acids is 1. The quantitative estimate of drug-likeness (QED) is 0.304. The molecule has 0 saturated carbocycles. The monoisotopic (exact) mass is 599 g/mol. The molecule has 1 aliphatic rings. The highest BCUT2D eigenvalue weighted by Gasteiger charge is 2.30. The van der Waals surface area contributed by atoms with Crippen LogP contribution in [0.3, 0.4) is 0 Å². The molecule has 1 aliphatic heterocycles. The standard InChI is InChI=1S/C27H26BrN3O6S/c1-36-24-12-17(6-11-23(24)30-27(35)29-22-5-3-2-4-21(22)28)13-25(32)31-16-38-15-19(31)14-37-20-9-7-18(8-10-20)26(33)34/h2-12,19H,13-16H2,1H3,(H,33,34)(H2,29,30,35)/t19-/m1/s1. The summed E-state index contributed by atoms with van der Waals surface area (Å²) in [5.74, 6) is 1.27. The number of amides is 3. The average Bonchev–Trinajstić information content (AvgIpc) is 3.39. The highest BCUT2D eigenvalue weighted by Crippen LogP contribution is 2.28. The predicted molar refractivity (Wildman–Crippen MR) is 150 cm³/mol. The minimum Gasteiger partial charge on any atom is -0.495 e.